The number of hydrogen-bond donors (Lipinski definition) is 1. The molecular weight excluding hydrogens is 328 g/mol. The number of nitrogens with one attached hydrogen (secondary N) is 1. The Bertz CT molecular complexity index is 687. The molecule has 1 aromatic carbocycles. The molecule has 2 heterocycles. The van der Waals surface area contributed by atoms with Crippen LogP contribution in [0.1, 0.15) is 16.1 Å². The first-order valence-electron chi connectivity index (χ1n) is 7.90. The lowest BCUT2D eigenvalue weighted by molar-refractivity contribution is 0.0298. The van der Waals surface area contributed by atoms with Gasteiger partial charge in [0.15, 0.2) is 0 Å². The summed E-state index contributed by atoms with van der Waals surface area (Å²) in [5, 5.41) is 3.93. The van der Waals surface area contributed by atoms with Crippen LogP contribution in [0.25, 0.3) is 0 Å². The van der Waals surface area contributed by atoms with Gasteiger partial charge >= 0.3 is 0 Å². The third-order valence-corrected chi connectivity index (χ3v) is 4.01. The van der Waals surface area contributed by atoms with E-state index in [0.29, 0.717) is 44.4 Å². The average Bonchev–Trinajstić information content (AvgIpc) is 2.63. The van der Waals surface area contributed by atoms with Crippen LogP contribution in [0.3, 0.4) is 0 Å². The van der Waals surface area contributed by atoms with Gasteiger partial charge in [0.2, 0.25) is 0 Å². The summed E-state index contributed by atoms with van der Waals surface area (Å²) in [6.07, 6.45) is 3.93. The average molecular weight is 347 g/mol. The highest BCUT2D eigenvalue weighted by atomic mass is 35.5. The van der Waals surface area contributed by atoms with Crippen molar-refractivity contribution in [2.45, 2.75) is 6.42 Å². The fourth-order valence-corrected chi connectivity index (χ4v) is 2.70. The SMILES string of the molecule is O=C(c1cnc(NCCc2cccc(Cl)c2)cn1)N1CCOCC1. The van der Waals surface area contributed by atoms with E-state index in [1.807, 2.05) is 24.3 Å². The minimum atomic E-state index is -0.101. The second-order valence-electron chi connectivity index (χ2n) is 5.50. The molecule has 2 aromatic rings. The van der Waals surface area contributed by atoms with Crippen molar-refractivity contribution in [2.24, 2.45) is 0 Å². The fourth-order valence-electron chi connectivity index (χ4n) is 2.49. The third kappa shape index (κ3) is 4.43. The van der Waals surface area contributed by atoms with Gasteiger partial charge in [0, 0.05) is 24.7 Å². The zero-order chi connectivity index (χ0) is 16.8. The van der Waals surface area contributed by atoms with Crippen molar-refractivity contribution in [1.82, 2.24) is 14.9 Å². The Hall–Kier alpha value is -2.18. The standard InChI is InChI=1S/C17H19ClN4O2/c18-14-3-1-2-13(10-14)4-5-19-16-12-20-15(11-21-16)17(23)22-6-8-24-9-7-22/h1-3,10-12H,4-9H2,(H,19,21). The number of benzene rings is 1. The number of morpholine rings is 1. The largest absolute Gasteiger partial charge is 0.378 e. The highest BCUT2D eigenvalue weighted by Crippen LogP contribution is 2.11. The molecule has 1 aliphatic rings. The number of carbonyl (C=O) groups is 1. The number of hydrogen-bond acceptors (Lipinski definition) is 5. The van der Waals surface area contributed by atoms with Crippen LogP contribution in [-0.4, -0.2) is 53.6 Å². The zero-order valence-electron chi connectivity index (χ0n) is 13.2. The van der Waals surface area contributed by atoms with Gasteiger partial charge in [-0.1, -0.05) is 23.7 Å². The normalized spacial score (nSPS) is 14.5. The molecule has 3 rings (SSSR count). The molecule has 0 aliphatic carbocycles. The number of ether oxygens (including phenoxy) is 1. The van der Waals surface area contributed by atoms with Crippen molar-refractivity contribution >= 4 is 23.3 Å². The van der Waals surface area contributed by atoms with Crippen LogP contribution in [0.4, 0.5) is 5.82 Å². The molecule has 1 amide bonds. The van der Waals surface area contributed by atoms with Gasteiger partial charge in [0.1, 0.15) is 11.5 Å². The lowest BCUT2D eigenvalue weighted by Gasteiger charge is -2.26. The van der Waals surface area contributed by atoms with E-state index in [4.69, 9.17) is 16.3 Å². The molecule has 0 unspecified atom stereocenters. The Kier molecular flexibility index (Phi) is 5.61. The molecule has 0 radical (unpaired) electrons. The lowest BCUT2D eigenvalue weighted by atomic mass is 10.1. The second kappa shape index (κ2) is 8.08. The van der Waals surface area contributed by atoms with Gasteiger partial charge in [-0.05, 0) is 24.1 Å². The van der Waals surface area contributed by atoms with Gasteiger partial charge in [-0.25, -0.2) is 9.97 Å². The Balaban J connectivity index is 1.51. The summed E-state index contributed by atoms with van der Waals surface area (Å²) in [4.78, 5) is 22.5. The number of amides is 1. The van der Waals surface area contributed by atoms with Crippen molar-refractivity contribution in [3.05, 3.63) is 52.9 Å². The highest BCUT2D eigenvalue weighted by Gasteiger charge is 2.19. The van der Waals surface area contributed by atoms with E-state index in [9.17, 15) is 4.79 Å². The molecule has 7 heteroatoms. The van der Waals surface area contributed by atoms with E-state index in [1.54, 1.807) is 11.1 Å². The van der Waals surface area contributed by atoms with Gasteiger partial charge in [-0.2, -0.15) is 0 Å². The Morgan fingerprint density at radius 1 is 1.25 bits per heavy atom. The van der Waals surface area contributed by atoms with E-state index in [-0.39, 0.29) is 5.91 Å². The van der Waals surface area contributed by atoms with Crippen molar-refractivity contribution in [3.63, 3.8) is 0 Å². The van der Waals surface area contributed by atoms with Gasteiger partial charge in [-0.15, -0.1) is 0 Å². The molecule has 1 N–H and O–H groups in total. The maximum atomic E-state index is 12.3. The van der Waals surface area contributed by atoms with Crippen LogP contribution < -0.4 is 5.32 Å². The van der Waals surface area contributed by atoms with Crippen LogP contribution in [-0.2, 0) is 11.2 Å². The van der Waals surface area contributed by atoms with Gasteiger partial charge < -0.3 is 15.0 Å². The van der Waals surface area contributed by atoms with Gasteiger partial charge in [0.25, 0.3) is 5.91 Å². The molecule has 1 saturated heterocycles. The summed E-state index contributed by atoms with van der Waals surface area (Å²) in [5.74, 6) is 0.548. The number of rotatable bonds is 5. The number of nitrogens with zero attached hydrogens (tertiary/aromatic N) is 3. The topological polar surface area (TPSA) is 67.4 Å². The van der Waals surface area contributed by atoms with Crippen LogP contribution >= 0.6 is 11.6 Å². The smallest absolute Gasteiger partial charge is 0.274 e. The molecular formula is C17H19ClN4O2. The van der Waals surface area contributed by atoms with Crippen LogP contribution in [0.15, 0.2) is 36.7 Å². The molecule has 1 aliphatic heterocycles. The number of halogens is 1. The molecule has 0 atom stereocenters. The predicted octanol–water partition coefficient (Wildman–Crippen LogP) is 2.26. The minimum absolute atomic E-state index is 0.101. The minimum Gasteiger partial charge on any atom is -0.378 e. The van der Waals surface area contributed by atoms with E-state index >= 15 is 0 Å². The van der Waals surface area contributed by atoms with E-state index in [0.717, 1.165) is 17.0 Å². The monoisotopic (exact) mass is 346 g/mol. The van der Waals surface area contributed by atoms with E-state index in [1.165, 1.54) is 6.20 Å². The quantitative estimate of drug-likeness (QED) is 0.899. The van der Waals surface area contributed by atoms with Crippen LogP contribution in [0.2, 0.25) is 5.02 Å². The third-order valence-electron chi connectivity index (χ3n) is 3.78. The summed E-state index contributed by atoms with van der Waals surface area (Å²) in [7, 11) is 0. The molecule has 0 spiro atoms. The second-order valence-corrected chi connectivity index (χ2v) is 5.93. The summed E-state index contributed by atoms with van der Waals surface area (Å²) >= 11 is 5.97. The molecule has 6 nitrogen and oxygen atoms in total. The Morgan fingerprint density at radius 3 is 2.79 bits per heavy atom. The molecule has 24 heavy (non-hydrogen) atoms. The summed E-state index contributed by atoms with van der Waals surface area (Å²) in [5.41, 5.74) is 1.51. The predicted molar refractivity (Wildman–Crippen MR) is 92.4 cm³/mol. The van der Waals surface area contributed by atoms with Crippen LogP contribution in [0, 0.1) is 0 Å². The molecule has 1 fully saturated rings. The lowest BCUT2D eigenvalue weighted by Crippen LogP contribution is -2.41. The Morgan fingerprint density at radius 2 is 2.08 bits per heavy atom. The maximum absolute atomic E-state index is 12.3. The van der Waals surface area contributed by atoms with E-state index in [2.05, 4.69) is 15.3 Å². The maximum Gasteiger partial charge on any atom is 0.274 e. The fraction of sp³-hybridized carbons (Fsp3) is 0.353. The molecule has 126 valence electrons. The van der Waals surface area contributed by atoms with Crippen LogP contribution in [0.5, 0.6) is 0 Å². The molecule has 0 bridgehead atoms. The molecule has 0 saturated carbocycles. The first-order valence-corrected chi connectivity index (χ1v) is 8.27. The molecule has 1 aromatic heterocycles. The number of carbonyl (C=O) groups excluding carboxylic acids is 1. The van der Waals surface area contributed by atoms with Crippen molar-refractivity contribution in [3.8, 4) is 0 Å². The number of anilines is 1. The van der Waals surface area contributed by atoms with Gasteiger partial charge in [0.05, 0.1) is 25.6 Å². The first-order chi connectivity index (χ1) is 11.7. The van der Waals surface area contributed by atoms with Crippen molar-refractivity contribution in [2.75, 3.05) is 38.2 Å². The zero-order valence-corrected chi connectivity index (χ0v) is 14.0. The van der Waals surface area contributed by atoms with Gasteiger partial charge in [-0.3, -0.25) is 4.79 Å². The highest BCUT2D eigenvalue weighted by molar-refractivity contribution is 6.30. The Labute approximate surface area is 145 Å². The summed E-state index contributed by atoms with van der Waals surface area (Å²) in [6.45, 7) is 3.05. The van der Waals surface area contributed by atoms with E-state index < -0.39 is 0 Å². The number of aromatic nitrogens is 2. The van der Waals surface area contributed by atoms with Crippen molar-refractivity contribution < 1.29 is 9.53 Å². The van der Waals surface area contributed by atoms with Crippen molar-refractivity contribution in [1.29, 1.82) is 0 Å². The first kappa shape index (κ1) is 16.7. The summed E-state index contributed by atoms with van der Waals surface area (Å²) < 4.78 is 5.24. The summed E-state index contributed by atoms with van der Waals surface area (Å²) in [6, 6.07) is 7.76.